The van der Waals surface area contributed by atoms with Gasteiger partial charge >= 0.3 is 0 Å². The van der Waals surface area contributed by atoms with Crippen LogP contribution in [0.25, 0.3) is 16.9 Å². The van der Waals surface area contributed by atoms with Gasteiger partial charge in [-0.05, 0) is 30.0 Å². The smallest absolute Gasteiger partial charge is 0.180 e. The van der Waals surface area contributed by atoms with E-state index in [0.717, 1.165) is 23.5 Å². The molecule has 0 saturated carbocycles. The highest BCUT2D eigenvalue weighted by Gasteiger charge is 2.26. The molecule has 0 fully saturated rings. The lowest BCUT2D eigenvalue weighted by molar-refractivity contribution is 0.417. The first-order chi connectivity index (χ1) is 9.79. The Labute approximate surface area is 117 Å². The highest BCUT2D eigenvalue weighted by atomic mass is 16.5. The van der Waals surface area contributed by atoms with Gasteiger partial charge in [-0.3, -0.25) is 0 Å². The summed E-state index contributed by atoms with van der Waals surface area (Å²) in [4.78, 5) is 4.84. The molecule has 2 aromatic heterocycles. The number of imidazole rings is 1. The Morgan fingerprint density at radius 1 is 1.20 bits per heavy atom. The summed E-state index contributed by atoms with van der Waals surface area (Å²) in [5, 5.41) is 0. The fraction of sp³-hybridized carbons (Fsp3) is 0.235. The van der Waals surface area contributed by atoms with Gasteiger partial charge in [0.2, 0.25) is 0 Å². The number of nitrogens with zero attached hydrogens (tertiary/aromatic N) is 2. The number of fused-ring (bicyclic) bond motifs is 5. The lowest BCUT2D eigenvalue weighted by Gasteiger charge is -2.21. The zero-order valence-electron chi connectivity index (χ0n) is 11.6. The Bertz CT molecular complexity index is 804. The van der Waals surface area contributed by atoms with Crippen LogP contribution in [0.4, 0.5) is 0 Å². The number of hydrogen-bond acceptors (Lipinski definition) is 2. The molecular formula is C17H16N2O. The Morgan fingerprint density at radius 2 is 2.05 bits per heavy atom. The minimum Gasteiger partial charge on any atom is -0.493 e. The van der Waals surface area contributed by atoms with E-state index in [0.29, 0.717) is 5.92 Å². The summed E-state index contributed by atoms with van der Waals surface area (Å²) in [5.74, 6) is 1.34. The number of ether oxygens (including phenoxy) is 1. The number of benzene rings is 1. The molecule has 4 rings (SSSR count). The molecule has 3 nitrogen and oxygen atoms in total. The summed E-state index contributed by atoms with van der Waals surface area (Å²) < 4.78 is 7.60. The second-order valence-corrected chi connectivity index (χ2v) is 5.37. The normalized spacial score (nSPS) is 16.8. The van der Waals surface area contributed by atoms with Crippen LogP contribution in [-0.2, 0) is 6.42 Å². The molecule has 1 aliphatic rings. The first-order valence-corrected chi connectivity index (χ1v) is 6.93. The molecule has 20 heavy (non-hydrogen) atoms. The number of aromatic nitrogens is 2. The maximum absolute atomic E-state index is 5.44. The lowest BCUT2D eigenvalue weighted by Crippen LogP contribution is -2.09. The van der Waals surface area contributed by atoms with Gasteiger partial charge < -0.3 is 9.14 Å². The topological polar surface area (TPSA) is 26.5 Å². The fourth-order valence-electron chi connectivity index (χ4n) is 3.20. The van der Waals surface area contributed by atoms with E-state index in [9.17, 15) is 0 Å². The predicted molar refractivity (Wildman–Crippen MR) is 79.3 cm³/mol. The highest BCUT2D eigenvalue weighted by molar-refractivity contribution is 5.74. The Balaban J connectivity index is 2.08. The van der Waals surface area contributed by atoms with Crippen molar-refractivity contribution < 1.29 is 4.74 Å². The van der Waals surface area contributed by atoms with Gasteiger partial charge in [0.1, 0.15) is 0 Å². The van der Waals surface area contributed by atoms with Crippen molar-refractivity contribution in [1.29, 1.82) is 0 Å². The summed E-state index contributed by atoms with van der Waals surface area (Å²) in [6, 6.07) is 12.5. The first-order valence-electron chi connectivity index (χ1n) is 6.93. The molecule has 0 saturated heterocycles. The standard InChI is InChI=1S/C17H16N2O/c1-11-10-14-16(13-7-4-3-6-12(11)13)18-17-15(20-2)8-5-9-19(14)17/h3-9,11H,10H2,1-2H3. The van der Waals surface area contributed by atoms with Crippen molar-refractivity contribution in [2.24, 2.45) is 0 Å². The van der Waals surface area contributed by atoms with Crippen molar-refractivity contribution in [2.45, 2.75) is 19.3 Å². The van der Waals surface area contributed by atoms with E-state index >= 15 is 0 Å². The molecule has 1 unspecified atom stereocenters. The number of rotatable bonds is 1. The van der Waals surface area contributed by atoms with Crippen molar-refractivity contribution >= 4 is 5.65 Å². The molecule has 0 radical (unpaired) electrons. The van der Waals surface area contributed by atoms with E-state index in [1.54, 1.807) is 7.11 Å². The van der Waals surface area contributed by atoms with E-state index in [4.69, 9.17) is 9.72 Å². The molecule has 1 aromatic carbocycles. The molecule has 1 atom stereocenters. The number of hydrogen-bond donors (Lipinski definition) is 0. The van der Waals surface area contributed by atoms with Crippen LogP contribution in [0.2, 0.25) is 0 Å². The molecule has 100 valence electrons. The van der Waals surface area contributed by atoms with Crippen molar-refractivity contribution in [3.05, 3.63) is 53.9 Å². The minimum absolute atomic E-state index is 0.518. The zero-order chi connectivity index (χ0) is 13.7. The van der Waals surface area contributed by atoms with Gasteiger partial charge in [-0.1, -0.05) is 31.2 Å². The van der Waals surface area contributed by atoms with Crippen LogP contribution in [0.1, 0.15) is 24.1 Å². The van der Waals surface area contributed by atoms with E-state index in [-0.39, 0.29) is 0 Å². The molecule has 3 heteroatoms. The van der Waals surface area contributed by atoms with Gasteiger partial charge in [0.05, 0.1) is 18.5 Å². The van der Waals surface area contributed by atoms with E-state index < -0.39 is 0 Å². The average Bonchev–Trinajstić information content (AvgIpc) is 2.86. The van der Waals surface area contributed by atoms with Gasteiger partial charge in [0.25, 0.3) is 0 Å². The second-order valence-electron chi connectivity index (χ2n) is 5.37. The maximum atomic E-state index is 5.44. The molecule has 0 aliphatic heterocycles. The second kappa shape index (κ2) is 4.10. The third-order valence-electron chi connectivity index (χ3n) is 4.18. The average molecular weight is 264 g/mol. The SMILES string of the molecule is COc1cccn2c3c(nc12)-c1ccccc1C(C)C3. The predicted octanol–water partition coefficient (Wildman–Crippen LogP) is 3.67. The van der Waals surface area contributed by atoms with Crippen LogP contribution in [0.5, 0.6) is 5.75 Å². The van der Waals surface area contributed by atoms with Crippen LogP contribution in [0.3, 0.4) is 0 Å². The van der Waals surface area contributed by atoms with Gasteiger partial charge in [-0.25, -0.2) is 4.98 Å². The minimum atomic E-state index is 0.518. The Morgan fingerprint density at radius 3 is 2.90 bits per heavy atom. The summed E-state index contributed by atoms with van der Waals surface area (Å²) in [7, 11) is 1.69. The van der Waals surface area contributed by atoms with Crippen LogP contribution in [-0.4, -0.2) is 16.5 Å². The highest BCUT2D eigenvalue weighted by Crippen LogP contribution is 2.40. The molecular weight excluding hydrogens is 248 g/mol. The third-order valence-corrected chi connectivity index (χ3v) is 4.18. The van der Waals surface area contributed by atoms with E-state index in [1.165, 1.54) is 16.8 Å². The van der Waals surface area contributed by atoms with Crippen molar-refractivity contribution in [3.8, 4) is 17.0 Å². The largest absolute Gasteiger partial charge is 0.493 e. The van der Waals surface area contributed by atoms with E-state index in [2.05, 4.69) is 41.8 Å². The Kier molecular flexibility index (Phi) is 2.36. The molecule has 3 aromatic rings. The fourth-order valence-corrected chi connectivity index (χ4v) is 3.20. The van der Waals surface area contributed by atoms with Gasteiger partial charge in [0.15, 0.2) is 11.4 Å². The summed E-state index contributed by atoms with van der Waals surface area (Å²) in [6.07, 6.45) is 3.09. The number of methoxy groups -OCH3 is 1. The summed E-state index contributed by atoms with van der Waals surface area (Å²) in [6.45, 7) is 2.28. The maximum Gasteiger partial charge on any atom is 0.180 e. The molecule has 2 heterocycles. The van der Waals surface area contributed by atoms with Crippen molar-refractivity contribution in [1.82, 2.24) is 9.38 Å². The van der Waals surface area contributed by atoms with Crippen molar-refractivity contribution in [2.75, 3.05) is 7.11 Å². The van der Waals surface area contributed by atoms with Crippen LogP contribution < -0.4 is 4.74 Å². The van der Waals surface area contributed by atoms with Gasteiger partial charge in [-0.2, -0.15) is 0 Å². The van der Waals surface area contributed by atoms with Crippen LogP contribution >= 0.6 is 0 Å². The summed E-state index contributed by atoms with van der Waals surface area (Å²) >= 11 is 0. The molecule has 0 spiro atoms. The lowest BCUT2D eigenvalue weighted by atomic mass is 9.84. The monoisotopic (exact) mass is 264 g/mol. The third kappa shape index (κ3) is 1.43. The van der Waals surface area contributed by atoms with Crippen molar-refractivity contribution in [3.63, 3.8) is 0 Å². The van der Waals surface area contributed by atoms with E-state index in [1.807, 2.05) is 12.1 Å². The molecule has 0 amide bonds. The molecule has 0 bridgehead atoms. The molecule has 1 aliphatic carbocycles. The zero-order valence-corrected chi connectivity index (χ0v) is 11.6. The van der Waals surface area contributed by atoms with Crippen LogP contribution in [0, 0.1) is 0 Å². The van der Waals surface area contributed by atoms with Gasteiger partial charge in [-0.15, -0.1) is 0 Å². The van der Waals surface area contributed by atoms with Crippen LogP contribution in [0.15, 0.2) is 42.6 Å². The number of pyridine rings is 1. The van der Waals surface area contributed by atoms with Gasteiger partial charge in [0, 0.05) is 11.8 Å². The first kappa shape index (κ1) is 11.5. The molecule has 0 N–H and O–H groups in total. The Hall–Kier alpha value is -2.29. The summed E-state index contributed by atoms with van der Waals surface area (Å²) in [5.41, 5.74) is 5.94. The quantitative estimate of drug-likeness (QED) is 0.670.